The number of halogens is 2. The lowest BCUT2D eigenvalue weighted by molar-refractivity contribution is -0.167. The van der Waals surface area contributed by atoms with E-state index >= 15 is 0 Å². The second-order valence-corrected chi connectivity index (χ2v) is 5.77. The molecule has 0 saturated heterocycles. The standard InChI is InChI=1S/C16H17F2N3O2/c1-16(23,14(17)18)15(22)20-7-8-21-12(10-20)9-19-13(21)11-5-3-2-4-6-11/h2-6,9,14,23H,7-8,10H2,1H3/t16-/m0/s1. The van der Waals surface area contributed by atoms with Crippen molar-refractivity contribution in [2.75, 3.05) is 6.54 Å². The lowest BCUT2D eigenvalue weighted by Crippen LogP contribution is -2.53. The molecule has 7 heteroatoms. The van der Waals surface area contributed by atoms with Crippen LogP contribution in [0.25, 0.3) is 11.4 Å². The van der Waals surface area contributed by atoms with E-state index in [4.69, 9.17) is 0 Å². The van der Waals surface area contributed by atoms with Crippen LogP contribution in [0.2, 0.25) is 0 Å². The Labute approximate surface area is 132 Å². The minimum absolute atomic E-state index is 0.154. The molecule has 1 aliphatic rings. The highest BCUT2D eigenvalue weighted by Gasteiger charge is 2.44. The molecule has 0 radical (unpaired) electrons. The number of fused-ring (bicyclic) bond motifs is 1. The van der Waals surface area contributed by atoms with Gasteiger partial charge in [-0.25, -0.2) is 13.8 Å². The van der Waals surface area contributed by atoms with E-state index in [0.717, 1.165) is 24.0 Å². The molecule has 2 aromatic rings. The second-order valence-electron chi connectivity index (χ2n) is 5.77. The first-order valence-electron chi connectivity index (χ1n) is 7.31. The van der Waals surface area contributed by atoms with Crippen LogP contribution in [-0.4, -0.2) is 44.0 Å². The first-order valence-corrected chi connectivity index (χ1v) is 7.31. The number of nitrogens with zero attached hydrogens (tertiary/aromatic N) is 3. The highest BCUT2D eigenvalue weighted by Crippen LogP contribution is 2.25. The largest absolute Gasteiger partial charge is 0.375 e. The molecule has 0 spiro atoms. The molecule has 3 rings (SSSR count). The van der Waals surface area contributed by atoms with E-state index in [9.17, 15) is 18.7 Å². The van der Waals surface area contributed by atoms with Crippen LogP contribution in [0.3, 0.4) is 0 Å². The third kappa shape index (κ3) is 2.72. The Hall–Kier alpha value is -2.28. The number of aromatic nitrogens is 2. The van der Waals surface area contributed by atoms with E-state index < -0.39 is 17.9 Å². The van der Waals surface area contributed by atoms with Gasteiger partial charge < -0.3 is 14.6 Å². The van der Waals surface area contributed by atoms with Gasteiger partial charge in [0.1, 0.15) is 5.82 Å². The van der Waals surface area contributed by atoms with Crippen molar-refractivity contribution >= 4 is 5.91 Å². The van der Waals surface area contributed by atoms with Gasteiger partial charge in [-0.1, -0.05) is 30.3 Å². The van der Waals surface area contributed by atoms with E-state index in [0.29, 0.717) is 6.54 Å². The summed E-state index contributed by atoms with van der Waals surface area (Å²) in [6.45, 7) is 1.71. The maximum absolute atomic E-state index is 12.8. The molecule has 2 heterocycles. The van der Waals surface area contributed by atoms with Gasteiger partial charge in [-0.05, 0) is 6.92 Å². The van der Waals surface area contributed by atoms with Crippen molar-refractivity contribution < 1.29 is 18.7 Å². The van der Waals surface area contributed by atoms with E-state index in [1.807, 2.05) is 34.9 Å². The molecule has 0 bridgehead atoms. The number of alkyl halides is 2. The number of hydrogen-bond acceptors (Lipinski definition) is 3. The molecule has 1 N–H and O–H groups in total. The Morgan fingerprint density at radius 3 is 2.65 bits per heavy atom. The van der Waals surface area contributed by atoms with Crippen LogP contribution < -0.4 is 0 Å². The quantitative estimate of drug-likeness (QED) is 0.939. The molecule has 1 aliphatic heterocycles. The van der Waals surface area contributed by atoms with Gasteiger partial charge in [0, 0.05) is 18.7 Å². The molecule has 1 aromatic carbocycles. The summed E-state index contributed by atoms with van der Waals surface area (Å²) >= 11 is 0. The fourth-order valence-corrected chi connectivity index (χ4v) is 2.69. The van der Waals surface area contributed by atoms with Gasteiger partial charge in [-0.2, -0.15) is 0 Å². The average Bonchev–Trinajstić information content (AvgIpc) is 2.97. The minimum Gasteiger partial charge on any atom is -0.375 e. The summed E-state index contributed by atoms with van der Waals surface area (Å²) in [6, 6.07) is 9.62. The Balaban J connectivity index is 1.84. The molecule has 1 aromatic heterocycles. The summed E-state index contributed by atoms with van der Waals surface area (Å²) < 4.78 is 27.6. The van der Waals surface area contributed by atoms with Crippen LogP contribution in [0, 0.1) is 0 Å². The molecule has 23 heavy (non-hydrogen) atoms. The zero-order valence-corrected chi connectivity index (χ0v) is 12.6. The normalized spacial score (nSPS) is 17.0. The Bertz CT molecular complexity index is 713. The number of carbonyl (C=O) groups is 1. The summed E-state index contributed by atoms with van der Waals surface area (Å²) in [5.41, 5.74) is -0.948. The number of hydrogen-bond donors (Lipinski definition) is 1. The number of amides is 1. The van der Waals surface area contributed by atoms with Crippen molar-refractivity contribution in [1.29, 1.82) is 0 Å². The number of benzene rings is 1. The molecule has 5 nitrogen and oxygen atoms in total. The molecule has 0 saturated carbocycles. The van der Waals surface area contributed by atoms with Crippen LogP contribution in [0.5, 0.6) is 0 Å². The van der Waals surface area contributed by atoms with Crippen LogP contribution in [0.4, 0.5) is 8.78 Å². The first-order chi connectivity index (χ1) is 10.9. The summed E-state index contributed by atoms with van der Waals surface area (Å²) in [5.74, 6) is -0.172. The monoisotopic (exact) mass is 321 g/mol. The SMILES string of the molecule is C[C@@](O)(C(=O)N1CCn2c(cnc2-c2ccccc2)C1)C(F)F. The molecule has 0 unspecified atom stereocenters. The molecule has 0 fully saturated rings. The number of rotatable bonds is 3. The van der Waals surface area contributed by atoms with Crippen molar-refractivity contribution in [2.24, 2.45) is 0 Å². The van der Waals surface area contributed by atoms with Crippen molar-refractivity contribution in [3.8, 4) is 11.4 Å². The second kappa shape index (κ2) is 5.73. The van der Waals surface area contributed by atoms with Gasteiger partial charge in [0.05, 0.1) is 18.4 Å². The third-order valence-electron chi connectivity index (χ3n) is 4.06. The van der Waals surface area contributed by atoms with Gasteiger partial charge in [-0.15, -0.1) is 0 Å². The van der Waals surface area contributed by atoms with Crippen LogP contribution in [-0.2, 0) is 17.9 Å². The maximum Gasteiger partial charge on any atom is 0.275 e. The number of imidazole rings is 1. The first kappa shape index (κ1) is 15.6. The van der Waals surface area contributed by atoms with Crippen LogP contribution in [0.1, 0.15) is 12.6 Å². The zero-order valence-electron chi connectivity index (χ0n) is 12.6. The maximum atomic E-state index is 12.8. The van der Waals surface area contributed by atoms with Crippen molar-refractivity contribution in [3.05, 3.63) is 42.2 Å². The molecular weight excluding hydrogens is 304 g/mol. The third-order valence-corrected chi connectivity index (χ3v) is 4.06. The lowest BCUT2D eigenvalue weighted by Gasteiger charge is -2.33. The summed E-state index contributed by atoms with van der Waals surface area (Å²) in [7, 11) is 0. The minimum atomic E-state index is -3.12. The highest BCUT2D eigenvalue weighted by atomic mass is 19.3. The van der Waals surface area contributed by atoms with Gasteiger partial charge >= 0.3 is 0 Å². The predicted octanol–water partition coefficient (Wildman–Crippen LogP) is 1.91. The predicted molar refractivity (Wildman–Crippen MR) is 79.7 cm³/mol. The molecular formula is C16H17F2N3O2. The molecule has 1 atom stereocenters. The average molecular weight is 321 g/mol. The van der Waals surface area contributed by atoms with Crippen LogP contribution >= 0.6 is 0 Å². The Morgan fingerprint density at radius 1 is 1.30 bits per heavy atom. The van der Waals surface area contributed by atoms with E-state index in [-0.39, 0.29) is 13.1 Å². The Kier molecular flexibility index (Phi) is 3.89. The van der Waals surface area contributed by atoms with Gasteiger partial charge in [-0.3, -0.25) is 4.79 Å². The van der Waals surface area contributed by atoms with Crippen LogP contribution in [0.15, 0.2) is 36.5 Å². The Morgan fingerprint density at radius 2 is 2.00 bits per heavy atom. The van der Waals surface area contributed by atoms with Gasteiger partial charge in [0.2, 0.25) is 5.60 Å². The summed E-state index contributed by atoms with van der Waals surface area (Å²) in [4.78, 5) is 17.7. The topological polar surface area (TPSA) is 58.4 Å². The van der Waals surface area contributed by atoms with E-state index in [2.05, 4.69) is 4.98 Å². The number of aliphatic hydroxyl groups is 1. The molecule has 1 amide bonds. The lowest BCUT2D eigenvalue weighted by atomic mass is 10.1. The highest BCUT2D eigenvalue weighted by molar-refractivity contribution is 5.85. The smallest absolute Gasteiger partial charge is 0.275 e. The fourth-order valence-electron chi connectivity index (χ4n) is 2.69. The van der Waals surface area contributed by atoms with Gasteiger partial charge in [0.15, 0.2) is 0 Å². The fraction of sp³-hybridized carbons (Fsp3) is 0.375. The number of carbonyl (C=O) groups excluding carboxylic acids is 1. The van der Waals surface area contributed by atoms with Crippen molar-refractivity contribution in [3.63, 3.8) is 0 Å². The molecule has 122 valence electrons. The van der Waals surface area contributed by atoms with E-state index in [1.165, 1.54) is 4.90 Å². The van der Waals surface area contributed by atoms with Crippen molar-refractivity contribution in [2.45, 2.75) is 32.0 Å². The molecule has 0 aliphatic carbocycles. The summed E-state index contributed by atoms with van der Waals surface area (Å²) in [5, 5.41) is 9.68. The van der Waals surface area contributed by atoms with E-state index in [1.54, 1.807) is 6.20 Å². The summed E-state index contributed by atoms with van der Waals surface area (Å²) in [6.07, 6.45) is -1.49. The van der Waals surface area contributed by atoms with Crippen molar-refractivity contribution in [1.82, 2.24) is 14.5 Å². The van der Waals surface area contributed by atoms with Gasteiger partial charge in [0.25, 0.3) is 12.3 Å². The zero-order chi connectivity index (χ0) is 16.6.